The predicted octanol–water partition coefficient (Wildman–Crippen LogP) is 8.91. The van der Waals surface area contributed by atoms with E-state index in [2.05, 4.69) is 11.2 Å². The molecule has 6 heteroatoms. The summed E-state index contributed by atoms with van der Waals surface area (Å²) < 4.78 is 28.2. The number of nitrogens with zero attached hydrogens (tertiary/aromatic N) is 2. The monoisotopic (exact) mass is 506 g/mol. The third-order valence-electron chi connectivity index (χ3n) is 7.47. The highest BCUT2D eigenvalue weighted by molar-refractivity contribution is 8.00. The van der Waals surface area contributed by atoms with Crippen LogP contribution in [0.25, 0.3) is 21.5 Å². The molecule has 2 nitrogen and oxygen atoms in total. The maximum Gasteiger partial charge on any atom is 0.123 e. The van der Waals surface area contributed by atoms with Gasteiger partial charge in [0.25, 0.3) is 0 Å². The van der Waals surface area contributed by atoms with Gasteiger partial charge in [-0.25, -0.2) is 18.7 Å². The van der Waals surface area contributed by atoms with Crippen molar-refractivity contribution in [2.45, 2.75) is 77.8 Å². The number of rotatable bonds is 5. The number of thioether (sulfide) groups is 2. The molecule has 180 valence electrons. The number of aromatic nitrogens is 2. The molecule has 0 amide bonds. The molecule has 0 bridgehead atoms. The topological polar surface area (TPSA) is 25.8 Å². The molecule has 0 saturated heterocycles. The lowest BCUT2D eigenvalue weighted by Crippen LogP contribution is -2.08. The van der Waals surface area contributed by atoms with Gasteiger partial charge in [0.2, 0.25) is 0 Å². The van der Waals surface area contributed by atoms with Crippen LogP contribution in [0.5, 0.6) is 0 Å². The van der Waals surface area contributed by atoms with Gasteiger partial charge in [-0.2, -0.15) is 0 Å². The molecule has 2 saturated carbocycles. The van der Waals surface area contributed by atoms with Crippen molar-refractivity contribution in [3.05, 3.63) is 72.1 Å². The van der Waals surface area contributed by atoms with Gasteiger partial charge in [-0.1, -0.05) is 31.4 Å². The first-order valence-electron chi connectivity index (χ1n) is 12.6. The lowest BCUT2D eigenvalue weighted by atomic mass is 9.94. The Bertz CT molecular complexity index is 1370. The zero-order chi connectivity index (χ0) is 23.8. The average molecular weight is 507 g/mol. The summed E-state index contributed by atoms with van der Waals surface area (Å²) in [5.74, 6) is -0.0444. The summed E-state index contributed by atoms with van der Waals surface area (Å²) in [5.41, 5.74) is 1.23. The largest absolute Gasteiger partial charge is 0.249 e. The molecule has 0 aliphatic heterocycles. The second-order valence-corrected chi connectivity index (χ2v) is 12.4. The Balaban J connectivity index is 1.25. The molecule has 0 spiro atoms. The van der Waals surface area contributed by atoms with Crippen molar-refractivity contribution in [1.82, 2.24) is 9.97 Å². The Hall–Kier alpha value is -2.18. The second-order valence-electron chi connectivity index (χ2n) is 9.82. The summed E-state index contributed by atoms with van der Waals surface area (Å²) in [6.45, 7) is 0. The number of halogens is 2. The van der Waals surface area contributed by atoms with Gasteiger partial charge in [0.1, 0.15) is 21.7 Å². The molecule has 4 aromatic rings. The summed E-state index contributed by atoms with van der Waals surface area (Å²) >= 11 is 3.60. The minimum absolute atomic E-state index is 0.198. The van der Waals surface area contributed by atoms with Gasteiger partial charge in [-0.3, -0.25) is 0 Å². The summed E-state index contributed by atoms with van der Waals surface area (Å²) in [6, 6.07) is 12.0. The Morgan fingerprint density at radius 3 is 2.29 bits per heavy atom. The summed E-state index contributed by atoms with van der Waals surface area (Å²) in [4.78, 5) is 9.46. The van der Waals surface area contributed by atoms with Gasteiger partial charge in [0.15, 0.2) is 0 Å². The highest BCUT2D eigenvalue weighted by Crippen LogP contribution is 2.46. The van der Waals surface area contributed by atoms with Gasteiger partial charge in [0, 0.05) is 33.7 Å². The summed E-state index contributed by atoms with van der Waals surface area (Å²) in [6.07, 6.45) is 13.3. The molecule has 2 aliphatic rings. The van der Waals surface area contributed by atoms with E-state index in [1.807, 2.05) is 36.2 Å². The van der Waals surface area contributed by atoms with E-state index in [1.54, 1.807) is 30.0 Å². The highest BCUT2D eigenvalue weighted by atomic mass is 32.2. The Morgan fingerprint density at radius 2 is 1.43 bits per heavy atom. The van der Waals surface area contributed by atoms with E-state index in [0.717, 1.165) is 50.9 Å². The molecule has 2 aliphatic carbocycles. The quantitative estimate of drug-likeness (QED) is 0.270. The SMILES string of the molecule is Fc1ccc2ccnc(SC3CCC(c4cnc(SC5CCCCC5)c5cc(F)ccc45)C3)c2c1. The molecular weight excluding hydrogens is 478 g/mol. The lowest BCUT2D eigenvalue weighted by Gasteiger charge is -2.22. The molecule has 2 atom stereocenters. The van der Waals surface area contributed by atoms with Crippen LogP contribution in [0.2, 0.25) is 0 Å². The number of hydrogen-bond donors (Lipinski definition) is 0. The van der Waals surface area contributed by atoms with Crippen LogP contribution >= 0.6 is 23.5 Å². The van der Waals surface area contributed by atoms with E-state index in [1.165, 1.54) is 43.7 Å². The van der Waals surface area contributed by atoms with Crippen molar-refractivity contribution in [2.24, 2.45) is 0 Å². The molecule has 2 aromatic carbocycles. The third-order valence-corrected chi connectivity index (χ3v) is 10.1. The fourth-order valence-electron chi connectivity index (χ4n) is 5.67. The van der Waals surface area contributed by atoms with Gasteiger partial charge in [-0.15, -0.1) is 23.5 Å². The van der Waals surface area contributed by atoms with Crippen LogP contribution in [-0.2, 0) is 0 Å². The fraction of sp³-hybridized carbons (Fsp3) is 0.379. The van der Waals surface area contributed by atoms with Crippen molar-refractivity contribution in [1.29, 1.82) is 0 Å². The number of pyridine rings is 2. The van der Waals surface area contributed by atoms with Crippen LogP contribution in [0.1, 0.15) is 62.8 Å². The van der Waals surface area contributed by atoms with E-state index < -0.39 is 0 Å². The third kappa shape index (κ3) is 4.92. The zero-order valence-corrected chi connectivity index (χ0v) is 21.2. The lowest BCUT2D eigenvalue weighted by molar-refractivity contribution is 0.516. The number of fused-ring (bicyclic) bond motifs is 2. The van der Waals surface area contributed by atoms with E-state index in [9.17, 15) is 8.78 Å². The first-order valence-corrected chi connectivity index (χ1v) is 14.4. The normalized spacial score (nSPS) is 21.2. The van der Waals surface area contributed by atoms with Crippen LogP contribution < -0.4 is 0 Å². The van der Waals surface area contributed by atoms with Crippen molar-refractivity contribution >= 4 is 45.1 Å². The van der Waals surface area contributed by atoms with Crippen molar-refractivity contribution in [3.8, 4) is 0 Å². The van der Waals surface area contributed by atoms with Gasteiger partial charge >= 0.3 is 0 Å². The van der Waals surface area contributed by atoms with Gasteiger partial charge < -0.3 is 0 Å². The van der Waals surface area contributed by atoms with E-state index in [-0.39, 0.29) is 11.6 Å². The molecule has 2 heterocycles. The molecule has 6 rings (SSSR count). The molecule has 2 fully saturated rings. The van der Waals surface area contributed by atoms with E-state index >= 15 is 0 Å². The first kappa shape index (κ1) is 23.2. The van der Waals surface area contributed by atoms with E-state index in [0.29, 0.717) is 16.4 Å². The highest BCUT2D eigenvalue weighted by Gasteiger charge is 2.29. The first-order chi connectivity index (χ1) is 17.1. The minimum atomic E-state index is -0.229. The molecule has 0 radical (unpaired) electrons. The smallest absolute Gasteiger partial charge is 0.123 e. The van der Waals surface area contributed by atoms with Crippen LogP contribution in [0, 0.1) is 11.6 Å². The van der Waals surface area contributed by atoms with Crippen molar-refractivity contribution in [3.63, 3.8) is 0 Å². The van der Waals surface area contributed by atoms with Crippen LogP contribution in [0.15, 0.2) is 64.9 Å². The maximum absolute atomic E-state index is 14.3. The minimum Gasteiger partial charge on any atom is -0.249 e. The fourth-order valence-corrected chi connectivity index (χ4v) is 8.29. The second kappa shape index (κ2) is 10.1. The molecule has 0 N–H and O–H groups in total. The average Bonchev–Trinajstić information content (AvgIpc) is 3.33. The summed E-state index contributed by atoms with van der Waals surface area (Å²) in [7, 11) is 0. The van der Waals surface area contributed by atoms with Crippen LogP contribution in [0.3, 0.4) is 0 Å². The predicted molar refractivity (Wildman–Crippen MR) is 142 cm³/mol. The van der Waals surface area contributed by atoms with Crippen molar-refractivity contribution < 1.29 is 8.78 Å². The standard InChI is InChI=1S/C29H28F2N2S2/c30-20-8-6-18-12-13-32-28(25(18)15-20)35-23-10-7-19(14-23)27-17-33-29(34-22-4-2-1-3-5-22)26-16-21(31)9-11-24(26)27/h6,8-9,11-13,15-17,19,22-23H,1-5,7,10,14H2. The Labute approximate surface area is 213 Å². The molecule has 2 aromatic heterocycles. The molecule has 2 unspecified atom stereocenters. The van der Waals surface area contributed by atoms with Gasteiger partial charge in [-0.05, 0) is 84.7 Å². The zero-order valence-electron chi connectivity index (χ0n) is 19.6. The molecule has 35 heavy (non-hydrogen) atoms. The van der Waals surface area contributed by atoms with Crippen molar-refractivity contribution in [2.75, 3.05) is 0 Å². The Kier molecular flexibility index (Phi) is 6.68. The van der Waals surface area contributed by atoms with Gasteiger partial charge in [0.05, 0.1) is 0 Å². The van der Waals surface area contributed by atoms with E-state index in [4.69, 9.17) is 4.98 Å². The Morgan fingerprint density at radius 1 is 0.686 bits per heavy atom. The number of hydrogen-bond acceptors (Lipinski definition) is 4. The van der Waals surface area contributed by atoms with Crippen LogP contribution in [0.4, 0.5) is 8.78 Å². The van der Waals surface area contributed by atoms with Crippen LogP contribution in [-0.4, -0.2) is 20.5 Å². The number of benzene rings is 2. The summed E-state index contributed by atoms with van der Waals surface area (Å²) in [5, 5.41) is 6.86. The molecular formula is C29H28F2N2S2. The maximum atomic E-state index is 14.3.